The van der Waals surface area contributed by atoms with Crippen molar-refractivity contribution in [3.8, 4) is 0 Å². The van der Waals surface area contributed by atoms with E-state index in [4.69, 9.17) is 14.2 Å². The lowest BCUT2D eigenvalue weighted by atomic mass is 10.0. The summed E-state index contributed by atoms with van der Waals surface area (Å²) >= 11 is 0. The molecule has 0 N–H and O–H groups in total. The van der Waals surface area contributed by atoms with Gasteiger partial charge in [-0.3, -0.25) is 14.4 Å². The molecule has 0 aliphatic carbocycles. The molecule has 0 aliphatic heterocycles. The van der Waals surface area contributed by atoms with Crippen LogP contribution in [0, 0.1) is 0 Å². The lowest BCUT2D eigenvalue weighted by molar-refractivity contribution is -0.167. The molecule has 6 heteroatoms. The van der Waals surface area contributed by atoms with Crippen LogP contribution in [0.1, 0.15) is 239 Å². The third-order valence-corrected chi connectivity index (χ3v) is 10.5. The van der Waals surface area contributed by atoms with Crippen molar-refractivity contribution in [2.45, 2.75) is 245 Å². The van der Waals surface area contributed by atoms with Crippen LogP contribution < -0.4 is 0 Å². The largest absolute Gasteiger partial charge is 0.462 e. The van der Waals surface area contributed by atoms with Crippen molar-refractivity contribution in [3.05, 3.63) is 60.8 Å². The molecule has 0 amide bonds. The summed E-state index contributed by atoms with van der Waals surface area (Å²) in [5.74, 6) is -0.964. The summed E-state index contributed by atoms with van der Waals surface area (Å²) in [7, 11) is 0. The van der Waals surface area contributed by atoms with E-state index in [1.54, 1.807) is 0 Å². The molecule has 0 aromatic heterocycles. The highest BCUT2D eigenvalue weighted by Gasteiger charge is 2.19. The molecule has 0 saturated carbocycles. The number of ether oxygens (including phenoxy) is 3. The molecule has 1 atom stereocenters. The van der Waals surface area contributed by atoms with E-state index in [1.165, 1.54) is 96.3 Å². The van der Waals surface area contributed by atoms with Crippen LogP contribution >= 0.6 is 0 Å². The zero-order chi connectivity index (χ0) is 43.0. The quantitative estimate of drug-likeness (QED) is 0.0263. The monoisotopic (exact) mass is 825 g/mol. The zero-order valence-electron chi connectivity index (χ0n) is 38.8. The molecule has 0 bridgehead atoms. The van der Waals surface area contributed by atoms with Crippen LogP contribution in [0.4, 0.5) is 0 Å². The highest BCUT2D eigenvalue weighted by molar-refractivity contribution is 5.71. The second kappa shape index (κ2) is 47.8. The fraction of sp³-hybridized carbons (Fsp3) is 0.755. The minimum atomic E-state index is -0.798. The van der Waals surface area contributed by atoms with E-state index in [1.807, 2.05) is 0 Å². The van der Waals surface area contributed by atoms with Crippen LogP contribution in [0.5, 0.6) is 0 Å². The lowest BCUT2D eigenvalue weighted by Gasteiger charge is -2.18. The molecule has 0 aromatic rings. The van der Waals surface area contributed by atoms with Gasteiger partial charge >= 0.3 is 17.9 Å². The molecule has 59 heavy (non-hydrogen) atoms. The summed E-state index contributed by atoms with van der Waals surface area (Å²) in [5, 5.41) is 0. The van der Waals surface area contributed by atoms with Crippen LogP contribution in [0.25, 0.3) is 0 Å². The number of esters is 3. The Balaban J connectivity index is 4.35. The Hall–Kier alpha value is -2.89. The number of rotatable bonds is 44. The van der Waals surface area contributed by atoms with E-state index in [0.717, 1.165) is 96.3 Å². The van der Waals surface area contributed by atoms with Crippen molar-refractivity contribution in [2.24, 2.45) is 0 Å². The van der Waals surface area contributed by atoms with Gasteiger partial charge in [-0.25, -0.2) is 0 Å². The van der Waals surface area contributed by atoms with Gasteiger partial charge in [-0.1, -0.05) is 210 Å². The Morgan fingerprint density at radius 2 is 0.678 bits per heavy atom. The molecule has 0 fully saturated rings. The van der Waals surface area contributed by atoms with Gasteiger partial charge in [-0.2, -0.15) is 0 Å². The topological polar surface area (TPSA) is 78.9 Å². The normalized spacial score (nSPS) is 12.5. The first-order valence-electron chi connectivity index (χ1n) is 24.8. The second-order valence-corrected chi connectivity index (χ2v) is 16.3. The van der Waals surface area contributed by atoms with Crippen molar-refractivity contribution in [1.29, 1.82) is 0 Å². The standard InChI is InChI=1S/C53H92O6/c1-4-7-10-13-16-19-22-24-25-26-27-28-29-32-34-37-40-43-46-52(55)58-49-50(48-57-51(54)45-42-39-36-33-30-21-18-15-12-9-6-3)59-53(56)47-44-41-38-35-31-23-20-17-14-11-8-5-2/h8-9,11-12,17-18,20-21,33,36,50H,4-7,10,13-16,19,22-32,34-35,37-49H2,1-3H3/b11-8-,12-9-,20-17-,21-18-,36-33-. The number of carbonyl (C=O) groups excluding carboxylic acids is 3. The van der Waals surface area contributed by atoms with Crippen LogP contribution in [0.2, 0.25) is 0 Å². The Morgan fingerprint density at radius 3 is 1.10 bits per heavy atom. The van der Waals surface area contributed by atoms with Crippen LogP contribution in [0.3, 0.4) is 0 Å². The van der Waals surface area contributed by atoms with Crippen molar-refractivity contribution >= 4 is 17.9 Å². The lowest BCUT2D eigenvalue weighted by Crippen LogP contribution is -2.30. The molecule has 1 unspecified atom stereocenters. The molecule has 0 aliphatic rings. The van der Waals surface area contributed by atoms with Gasteiger partial charge in [0.05, 0.1) is 0 Å². The molecule has 340 valence electrons. The van der Waals surface area contributed by atoms with Crippen LogP contribution in [0.15, 0.2) is 60.8 Å². The maximum atomic E-state index is 12.7. The zero-order valence-corrected chi connectivity index (χ0v) is 38.8. The maximum absolute atomic E-state index is 12.7. The van der Waals surface area contributed by atoms with Crippen molar-refractivity contribution in [1.82, 2.24) is 0 Å². The number of hydrogen-bond donors (Lipinski definition) is 0. The van der Waals surface area contributed by atoms with Gasteiger partial charge in [0, 0.05) is 19.3 Å². The summed E-state index contributed by atoms with van der Waals surface area (Å²) in [6.07, 6.45) is 57.9. The molecular weight excluding hydrogens is 733 g/mol. The molecule has 6 nitrogen and oxygen atoms in total. The summed E-state index contributed by atoms with van der Waals surface area (Å²) < 4.78 is 16.7. The van der Waals surface area contributed by atoms with Crippen molar-refractivity contribution in [3.63, 3.8) is 0 Å². The Morgan fingerprint density at radius 1 is 0.356 bits per heavy atom. The van der Waals surface area contributed by atoms with Gasteiger partial charge in [0.1, 0.15) is 13.2 Å². The predicted octanol–water partition coefficient (Wildman–Crippen LogP) is 16.1. The van der Waals surface area contributed by atoms with E-state index in [9.17, 15) is 14.4 Å². The molecule has 0 spiro atoms. The summed E-state index contributed by atoms with van der Waals surface area (Å²) in [6, 6.07) is 0. The minimum absolute atomic E-state index is 0.0941. The van der Waals surface area contributed by atoms with E-state index < -0.39 is 6.10 Å². The summed E-state index contributed by atoms with van der Waals surface area (Å²) in [4.78, 5) is 37.8. The van der Waals surface area contributed by atoms with Gasteiger partial charge in [0.15, 0.2) is 6.10 Å². The highest BCUT2D eigenvalue weighted by Crippen LogP contribution is 2.15. The highest BCUT2D eigenvalue weighted by atomic mass is 16.6. The van der Waals surface area contributed by atoms with E-state index >= 15 is 0 Å². The fourth-order valence-electron chi connectivity index (χ4n) is 6.86. The van der Waals surface area contributed by atoms with Gasteiger partial charge in [0.25, 0.3) is 0 Å². The van der Waals surface area contributed by atoms with Crippen molar-refractivity contribution < 1.29 is 28.6 Å². The smallest absolute Gasteiger partial charge is 0.306 e. The predicted molar refractivity (Wildman–Crippen MR) is 251 cm³/mol. The molecule has 0 aromatic carbocycles. The Bertz CT molecular complexity index is 1090. The van der Waals surface area contributed by atoms with E-state index in [2.05, 4.69) is 81.5 Å². The maximum Gasteiger partial charge on any atom is 0.306 e. The molecule has 0 heterocycles. The number of unbranched alkanes of at least 4 members (excludes halogenated alkanes) is 23. The van der Waals surface area contributed by atoms with Gasteiger partial charge < -0.3 is 14.2 Å². The Kier molecular flexibility index (Phi) is 45.4. The molecular formula is C53H92O6. The Labute approximate surface area is 364 Å². The average Bonchev–Trinajstić information content (AvgIpc) is 3.23. The number of allylic oxidation sites excluding steroid dienone is 10. The van der Waals surface area contributed by atoms with E-state index in [-0.39, 0.29) is 37.5 Å². The van der Waals surface area contributed by atoms with Crippen LogP contribution in [-0.4, -0.2) is 37.2 Å². The van der Waals surface area contributed by atoms with Gasteiger partial charge in [0.2, 0.25) is 0 Å². The molecule has 0 saturated heterocycles. The van der Waals surface area contributed by atoms with E-state index in [0.29, 0.717) is 19.3 Å². The minimum Gasteiger partial charge on any atom is -0.462 e. The average molecular weight is 825 g/mol. The SMILES string of the molecule is CC/C=C\C/C=C\C/C=C\CCCC(=O)OCC(COC(=O)CCCCCCCCCCCCCCCCCCCC)OC(=O)CCCCCCC/C=C\C/C=C\CC. The van der Waals surface area contributed by atoms with Gasteiger partial charge in [-0.05, 0) is 70.6 Å². The fourth-order valence-corrected chi connectivity index (χ4v) is 6.86. The summed E-state index contributed by atoms with van der Waals surface area (Å²) in [5.41, 5.74) is 0. The third kappa shape index (κ3) is 46.0. The molecule has 0 rings (SSSR count). The summed E-state index contributed by atoms with van der Waals surface area (Å²) in [6.45, 7) is 6.36. The first-order valence-corrected chi connectivity index (χ1v) is 24.8. The van der Waals surface area contributed by atoms with Crippen molar-refractivity contribution in [2.75, 3.05) is 13.2 Å². The van der Waals surface area contributed by atoms with Gasteiger partial charge in [-0.15, -0.1) is 0 Å². The third-order valence-electron chi connectivity index (χ3n) is 10.5. The molecule has 0 radical (unpaired) electrons. The van der Waals surface area contributed by atoms with Crippen LogP contribution in [-0.2, 0) is 28.6 Å². The first-order chi connectivity index (χ1) is 29.0. The first kappa shape index (κ1) is 56.1. The number of carbonyl (C=O) groups is 3. The second-order valence-electron chi connectivity index (χ2n) is 16.3. The number of hydrogen-bond acceptors (Lipinski definition) is 6.